The maximum atomic E-state index is 3.61. The third-order valence-corrected chi connectivity index (χ3v) is 6.16. The maximum Gasteiger partial charge on any atom is 0.0206 e. The molecule has 0 bridgehead atoms. The van der Waals surface area contributed by atoms with E-state index in [1.54, 1.807) is 0 Å². The summed E-state index contributed by atoms with van der Waals surface area (Å²) in [7, 11) is 0. The first kappa shape index (κ1) is 26.1. The van der Waals surface area contributed by atoms with E-state index in [-0.39, 0.29) is 0 Å². The topological polar surface area (TPSA) is 39.3 Å². The highest BCUT2D eigenvalue weighted by Gasteiger charge is 2.05. The molecule has 0 radical (unpaired) electrons. The summed E-state index contributed by atoms with van der Waals surface area (Å²) in [5, 5.41) is 10.8. The van der Waals surface area contributed by atoms with E-state index in [1.165, 1.54) is 33.4 Å². The van der Waals surface area contributed by atoms with E-state index in [1.807, 2.05) is 0 Å². The third kappa shape index (κ3) is 10.2. The Balaban J connectivity index is 1.39. The molecule has 0 aliphatic rings. The molecule has 0 amide bonds. The number of hydrogen-bond acceptors (Lipinski definition) is 4. The SMILES string of the molecule is Cc1ccc(CNCCN(CCNCc2ccc(C)cc2)CCNCc2ccc(C)cc2)cc1. The molecule has 0 saturated carbocycles. The van der Waals surface area contributed by atoms with Crippen LogP contribution in [0.1, 0.15) is 33.4 Å². The molecule has 0 spiro atoms. The van der Waals surface area contributed by atoms with Gasteiger partial charge in [0, 0.05) is 58.9 Å². The minimum atomic E-state index is 0.922. The Morgan fingerprint density at radius 3 is 0.971 bits per heavy atom. The van der Waals surface area contributed by atoms with Gasteiger partial charge in [-0.3, -0.25) is 4.90 Å². The number of hydrogen-bond donors (Lipinski definition) is 3. The van der Waals surface area contributed by atoms with Gasteiger partial charge in [-0.25, -0.2) is 0 Å². The fourth-order valence-electron chi connectivity index (χ4n) is 3.86. The van der Waals surface area contributed by atoms with Crippen molar-refractivity contribution in [1.82, 2.24) is 20.9 Å². The number of nitrogens with zero attached hydrogens (tertiary/aromatic N) is 1. The number of rotatable bonds is 15. The first-order valence-electron chi connectivity index (χ1n) is 12.6. The second-order valence-electron chi connectivity index (χ2n) is 9.33. The summed E-state index contributed by atoms with van der Waals surface area (Å²) < 4.78 is 0. The van der Waals surface area contributed by atoms with Gasteiger partial charge in [0.1, 0.15) is 0 Å². The molecule has 3 N–H and O–H groups in total. The van der Waals surface area contributed by atoms with Crippen LogP contribution in [0, 0.1) is 20.8 Å². The fraction of sp³-hybridized carbons (Fsp3) is 0.400. The molecule has 0 fully saturated rings. The molecule has 3 aromatic rings. The zero-order valence-corrected chi connectivity index (χ0v) is 21.2. The van der Waals surface area contributed by atoms with Crippen molar-refractivity contribution < 1.29 is 0 Å². The summed E-state index contributed by atoms with van der Waals surface area (Å²) in [6, 6.07) is 26.4. The van der Waals surface area contributed by atoms with Crippen LogP contribution in [0.3, 0.4) is 0 Å². The van der Waals surface area contributed by atoms with E-state index in [4.69, 9.17) is 0 Å². The van der Waals surface area contributed by atoms with Crippen molar-refractivity contribution in [3.8, 4) is 0 Å². The maximum absolute atomic E-state index is 3.61. The van der Waals surface area contributed by atoms with Gasteiger partial charge in [-0.2, -0.15) is 0 Å². The Morgan fingerprint density at radius 1 is 0.441 bits per heavy atom. The zero-order valence-electron chi connectivity index (χ0n) is 21.2. The highest BCUT2D eigenvalue weighted by Crippen LogP contribution is 2.04. The molecule has 0 unspecified atom stereocenters. The van der Waals surface area contributed by atoms with Crippen LogP contribution in [0.5, 0.6) is 0 Å². The molecule has 0 atom stereocenters. The smallest absolute Gasteiger partial charge is 0.0206 e. The van der Waals surface area contributed by atoms with Crippen molar-refractivity contribution in [1.29, 1.82) is 0 Å². The molecule has 0 saturated heterocycles. The van der Waals surface area contributed by atoms with E-state index < -0.39 is 0 Å². The van der Waals surface area contributed by atoms with E-state index in [2.05, 4.69) is 114 Å². The minimum absolute atomic E-state index is 0.922. The van der Waals surface area contributed by atoms with Crippen LogP contribution in [0.2, 0.25) is 0 Å². The summed E-state index contributed by atoms with van der Waals surface area (Å²) in [6.45, 7) is 15.3. The number of aryl methyl sites for hydroxylation is 3. The summed E-state index contributed by atoms with van der Waals surface area (Å²) in [5.74, 6) is 0. The Kier molecular flexibility index (Phi) is 11.3. The standard InChI is InChI=1S/C30H42N4/c1-25-4-10-28(11-5-25)22-31-16-19-34(20-17-32-23-29-12-6-26(2)7-13-29)21-18-33-24-30-14-8-27(3)9-15-30/h4-15,31-33H,16-24H2,1-3H3. The van der Waals surface area contributed by atoms with Gasteiger partial charge in [-0.05, 0) is 37.5 Å². The van der Waals surface area contributed by atoms with E-state index >= 15 is 0 Å². The van der Waals surface area contributed by atoms with E-state index in [9.17, 15) is 0 Å². The van der Waals surface area contributed by atoms with Crippen molar-refractivity contribution >= 4 is 0 Å². The van der Waals surface area contributed by atoms with Gasteiger partial charge in [0.2, 0.25) is 0 Å². The minimum Gasteiger partial charge on any atom is -0.311 e. The zero-order chi connectivity index (χ0) is 24.0. The Morgan fingerprint density at radius 2 is 0.706 bits per heavy atom. The van der Waals surface area contributed by atoms with Crippen molar-refractivity contribution in [2.75, 3.05) is 39.3 Å². The predicted octanol–water partition coefficient (Wildman–Crippen LogP) is 4.58. The van der Waals surface area contributed by atoms with Crippen molar-refractivity contribution in [2.45, 2.75) is 40.4 Å². The predicted molar refractivity (Wildman–Crippen MR) is 145 cm³/mol. The molecule has 4 heteroatoms. The molecule has 0 aliphatic carbocycles. The molecule has 4 nitrogen and oxygen atoms in total. The van der Waals surface area contributed by atoms with Crippen LogP contribution in [-0.2, 0) is 19.6 Å². The van der Waals surface area contributed by atoms with Crippen LogP contribution < -0.4 is 16.0 Å². The molecule has 0 aliphatic heterocycles. The van der Waals surface area contributed by atoms with Gasteiger partial charge in [0.15, 0.2) is 0 Å². The fourth-order valence-corrected chi connectivity index (χ4v) is 3.86. The first-order valence-corrected chi connectivity index (χ1v) is 12.6. The average molecular weight is 459 g/mol. The normalized spacial score (nSPS) is 11.3. The molecule has 3 aromatic carbocycles. The summed E-state index contributed by atoms with van der Waals surface area (Å²) in [4.78, 5) is 2.55. The molecular weight excluding hydrogens is 416 g/mol. The van der Waals surface area contributed by atoms with Gasteiger partial charge in [0.25, 0.3) is 0 Å². The van der Waals surface area contributed by atoms with Crippen LogP contribution >= 0.6 is 0 Å². The van der Waals surface area contributed by atoms with Crippen molar-refractivity contribution in [2.24, 2.45) is 0 Å². The summed E-state index contributed by atoms with van der Waals surface area (Å²) in [6.07, 6.45) is 0. The second-order valence-corrected chi connectivity index (χ2v) is 9.33. The average Bonchev–Trinajstić information content (AvgIpc) is 2.85. The van der Waals surface area contributed by atoms with Crippen LogP contribution in [0.15, 0.2) is 72.8 Å². The Labute approximate surface area is 206 Å². The number of benzene rings is 3. The Hall–Kier alpha value is -2.50. The largest absolute Gasteiger partial charge is 0.311 e. The number of nitrogens with one attached hydrogen (secondary N) is 3. The summed E-state index contributed by atoms with van der Waals surface area (Å²) in [5.41, 5.74) is 7.97. The molecule has 182 valence electrons. The lowest BCUT2D eigenvalue weighted by atomic mass is 10.1. The van der Waals surface area contributed by atoms with Gasteiger partial charge < -0.3 is 16.0 Å². The molecule has 34 heavy (non-hydrogen) atoms. The van der Waals surface area contributed by atoms with Gasteiger partial charge in [-0.15, -0.1) is 0 Å². The third-order valence-electron chi connectivity index (χ3n) is 6.16. The molecule has 3 rings (SSSR count). The van der Waals surface area contributed by atoms with Crippen LogP contribution in [0.4, 0.5) is 0 Å². The van der Waals surface area contributed by atoms with Crippen LogP contribution in [-0.4, -0.2) is 44.2 Å². The lowest BCUT2D eigenvalue weighted by Gasteiger charge is -2.23. The monoisotopic (exact) mass is 458 g/mol. The second kappa shape index (κ2) is 14.7. The van der Waals surface area contributed by atoms with Crippen molar-refractivity contribution in [3.05, 3.63) is 106 Å². The van der Waals surface area contributed by atoms with Gasteiger partial charge >= 0.3 is 0 Å². The van der Waals surface area contributed by atoms with Gasteiger partial charge in [0.05, 0.1) is 0 Å². The summed E-state index contributed by atoms with van der Waals surface area (Å²) >= 11 is 0. The van der Waals surface area contributed by atoms with Crippen LogP contribution in [0.25, 0.3) is 0 Å². The van der Waals surface area contributed by atoms with E-state index in [0.29, 0.717) is 0 Å². The van der Waals surface area contributed by atoms with Crippen molar-refractivity contribution in [3.63, 3.8) is 0 Å². The van der Waals surface area contributed by atoms with Gasteiger partial charge in [-0.1, -0.05) is 89.5 Å². The highest BCUT2D eigenvalue weighted by atomic mass is 15.2. The molecule has 0 heterocycles. The molecule has 0 aromatic heterocycles. The first-order chi connectivity index (χ1) is 16.6. The molecular formula is C30H42N4. The quantitative estimate of drug-likeness (QED) is 0.292. The lowest BCUT2D eigenvalue weighted by molar-refractivity contribution is 0.271. The Bertz CT molecular complexity index is 806. The lowest BCUT2D eigenvalue weighted by Crippen LogP contribution is -2.40. The highest BCUT2D eigenvalue weighted by molar-refractivity contribution is 5.22. The van der Waals surface area contributed by atoms with E-state index in [0.717, 1.165) is 58.9 Å².